The molecule has 3 aromatic rings. The first kappa shape index (κ1) is 15.1. The van der Waals surface area contributed by atoms with Crippen LogP contribution in [0.2, 0.25) is 0 Å². The summed E-state index contributed by atoms with van der Waals surface area (Å²) in [5, 5.41) is 10.1. The van der Waals surface area contributed by atoms with E-state index in [2.05, 4.69) is 25.7 Å². The molecule has 1 aromatic carbocycles. The Morgan fingerprint density at radius 2 is 2.04 bits per heavy atom. The van der Waals surface area contributed by atoms with Gasteiger partial charge in [0.2, 0.25) is 0 Å². The molecule has 0 spiro atoms. The number of carbonyl (C=O) groups is 1. The third-order valence-corrected chi connectivity index (χ3v) is 3.93. The second-order valence-corrected chi connectivity index (χ2v) is 5.72. The van der Waals surface area contributed by atoms with E-state index in [-0.39, 0.29) is 6.03 Å². The van der Waals surface area contributed by atoms with Crippen molar-refractivity contribution in [2.45, 2.75) is 0 Å². The number of benzene rings is 1. The second kappa shape index (κ2) is 6.23. The number of urea groups is 1. The summed E-state index contributed by atoms with van der Waals surface area (Å²) >= 11 is 0. The highest BCUT2D eigenvalue weighted by molar-refractivity contribution is 5.94. The molecule has 3 heterocycles. The maximum absolute atomic E-state index is 11.7. The molecule has 0 atom stereocenters. The predicted octanol–water partition coefficient (Wildman–Crippen LogP) is 2.15. The molecule has 0 saturated carbocycles. The van der Waals surface area contributed by atoms with Gasteiger partial charge in [-0.15, -0.1) is 0 Å². The largest absolute Gasteiger partial charge is 0.338 e. The van der Waals surface area contributed by atoms with E-state index in [9.17, 15) is 4.79 Å². The lowest BCUT2D eigenvalue weighted by molar-refractivity contribution is 0.252. The van der Waals surface area contributed by atoms with E-state index in [1.165, 1.54) is 0 Å². The van der Waals surface area contributed by atoms with E-state index in [1.807, 2.05) is 37.5 Å². The molecule has 2 N–H and O–H groups in total. The molecule has 0 radical (unpaired) electrons. The number of amides is 2. The average molecular weight is 335 g/mol. The van der Waals surface area contributed by atoms with Crippen LogP contribution in [-0.4, -0.2) is 38.9 Å². The lowest BCUT2D eigenvalue weighted by Crippen LogP contribution is -2.27. The maximum atomic E-state index is 11.7. The average Bonchev–Trinajstić information content (AvgIpc) is 3.23. The van der Waals surface area contributed by atoms with Crippen LogP contribution in [0.4, 0.5) is 22.0 Å². The Hall–Kier alpha value is -3.42. The molecule has 0 unspecified atom stereocenters. The van der Waals surface area contributed by atoms with Crippen molar-refractivity contribution in [2.75, 3.05) is 23.3 Å². The molecule has 2 amide bonds. The van der Waals surface area contributed by atoms with Crippen LogP contribution in [0.3, 0.4) is 0 Å². The first-order valence-electron chi connectivity index (χ1n) is 7.93. The molecule has 1 saturated heterocycles. The van der Waals surface area contributed by atoms with Crippen molar-refractivity contribution in [2.24, 2.45) is 7.05 Å². The Labute approximate surface area is 144 Å². The van der Waals surface area contributed by atoms with E-state index >= 15 is 0 Å². The summed E-state index contributed by atoms with van der Waals surface area (Å²) in [5.74, 6) is 1.31. The summed E-state index contributed by atoms with van der Waals surface area (Å²) in [6.07, 6.45) is 5.32. The van der Waals surface area contributed by atoms with Crippen LogP contribution >= 0.6 is 0 Å². The highest BCUT2D eigenvalue weighted by Gasteiger charge is 2.20. The molecular formula is C17H17N7O. The SMILES string of the molecule is Cn1cc(Nc2ccnc(-c3ccc(N4CCNC4=O)cc3)n2)cn1. The van der Waals surface area contributed by atoms with Gasteiger partial charge < -0.3 is 10.6 Å². The van der Waals surface area contributed by atoms with Gasteiger partial charge in [0.1, 0.15) is 5.82 Å². The van der Waals surface area contributed by atoms with Crippen LogP contribution in [0, 0.1) is 0 Å². The zero-order valence-electron chi connectivity index (χ0n) is 13.7. The van der Waals surface area contributed by atoms with Crippen molar-refractivity contribution in [3.05, 3.63) is 48.9 Å². The molecule has 4 rings (SSSR count). The van der Waals surface area contributed by atoms with Crippen molar-refractivity contribution in [1.82, 2.24) is 25.1 Å². The van der Waals surface area contributed by atoms with Crippen LogP contribution in [0.5, 0.6) is 0 Å². The number of aryl methyl sites for hydroxylation is 1. The van der Waals surface area contributed by atoms with Gasteiger partial charge in [0.05, 0.1) is 11.9 Å². The van der Waals surface area contributed by atoms with Crippen molar-refractivity contribution in [3.63, 3.8) is 0 Å². The van der Waals surface area contributed by atoms with Gasteiger partial charge in [-0.2, -0.15) is 5.10 Å². The van der Waals surface area contributed by atoms with Crippen LogP contribution in [0.25, 0.3) is 11.4 Å². The Balaban J connectivity index is 1.55. The van der Waals surface area contributed by atoms with E-state index in [0.29, 0.717) is 24.7 Å². The smallest absolute Gasteiger partial charge is 0.321 e. The van der Waals surface area contributed by atoms with Gasteiger partial charge in [0.25, 0.3) is 0 Å². The minimum Gasteiger partial charge on any atom is -0.338 e. The first-order chi connectivity index (χ1) is 12.2. The van der Waals surface area contributed by atoms with Crippen molar-refractivity contribution in [3.8, 4) is 11.4 Å². The van der Waals surface area contributed by atoms with Crippen LogP contribution in [-0.2, 0) is 7.05 Å². The Bertz CT molecular complexity index is 903. The van der Waals surface area contributed by atoms with Crippen LogP contribution < -0.4 is 15.5 Å². The normalized spacial score (nSPS) is 13.8. The third-order valence-electron chi connectivity index (χ3n) is 3.93. The maximum Gasteiger partial charge on any atom is 0.321 e. The number of nitrogens with one attached hydrogen (secondary N) is 2. The topological polar surface area (TPSA) is 88.0 Å². The first-order valence-corrected chi connectivity index (χ1v) is 7.93. The molecule has 126 valence electrons. The Kier molecular flexibility index (Phi) is 3.77. The van der Waals surface area contributed by atoms with Crippen molar-refractivity contribution < 1.29 is 4.79 Å². The molecule has 1 fully saturated rings. The molecular weight excluding hydrogens is 318 g/mol. The summed E-state index contributed by atoms with van der Waals surface area (Å²) in [4.78, 5) is 22.3. The zero-order chi connectivity index (χ0) is 17.2. The molecule has 8 nitrogen and oxygen atoms in total. The van der Waals surface area contributed by atoms with Gasteiger partial charge in [0, 0.05) is 43.8 Å². The summed E-state index contributed by atoms with van der Waals surface area (Å²) < 4.78 is 1.72. The zero-order valence-corrected chi connectivity index (χ0v) is 13.7. The number of rotatable bonds is 4. The Morgan fingerprint density at radius 3 is 2.72 bits per heavy atom. The van der Waals surface area contributed by atoms with E-state index in [1.54, 1.807) is 28.0 Å². The second-order valence-electron chi connectivity index (χ2n) is 5.72. The standard InChI is InChI=1S/C17H17N7O/c1-23-11-13(10-20-23)21-15-6-7-18-16(22-15)12-2-4-14(5-3-12)24-9-8-19-17(24)25/h2-7,10-11H,8-9H2,1H3,(H,19,25)(H,18,21,22). The lowest BCUT2D eigenvalue weighted by atomic mass is 10.2. The number of aromatic nitrogens is 4. The summed E-state index contributed by atoms with van der Waals surface area (Å²) in [6, 6.07) is 9.40. The summed E-state index contributed by atoms with van der Waals surface area (Å²) in [6.45, 7) is 1.35. The van der Waals surface area contributed by atoms with Gasteiger partial charge >= 0.3 is 6.03 Å². The fraction of sp³-hybridized carbons (Fsp3) is 0.176. The lowest BCUT2D eigenvalue weighted by Gasteiger charge is -2.14. The Morgan fingerprint density at radius 1 is 1.20 bits per heavy atom. The predicted molar refractivity (Wildman–Crippen MR) is 94.7 cm³/mol. The van der Waals surface area contributed by atoms with Gasteiger partial charge in [-0.25, -0.2) is 14.8 Å². The number of nitrogens with zero attached hydrogens (tertiary/aromatic N) is 5. The van der Waals surface area contributed by atoms with Gasteiger partial charge in [0.15, 0.2) is 5.82 Å². The van der Waals surface area contributed by atoms with Gasteiger partial charge in [-0.1, -0.05) is 0 Å². The molecule has 1 aliphatic heterocycles. The third kappa shape index (κ3) is 3.14. The number of carbonyl (C=O) groups excluding carboxylic acids is 1. The van der Waals surface area contributed by atoms with E-state index in [0.717, 1.165) is 16.9 Å². The van der Waals surface area contributed by atoms with Crippen LogP contribution in [0.15, 0.2) is 48.9 Å². The quantitative estimate of drug-likeness (QED) is 0.763. The number of anilines is 3. The minimum atomic E-state index is -0.0633. The molecule has 0 bridgehead atoms. The molecule has 1 aliphatic rings. The number of hydrogen-bond donors (Lipinski definition) is 2. The molecule has 0 aliphatic carbocycles. The minimum absolute atomic E-state index is 0.0633. The molecule has 8 heteroatoms. The van der Waals surface area contributed by atoms with Crippen molar-refractivity contribution >= 4 is 23.2 Å². The van der Waals surface area contributed by atoms with E-state index < -0.39 is 0 Å². The summed E-state index contributed by atoms with van der Waals surface area (Å²) in [5.41, 5.74) is 2.61. The highest BCUT2D eigenvalue weighted by atomic mass is 16.2. The van der Waals surface area contributed by atoms with E-state index in [4.69, 9.17) is 0 Å². The van der Waals surface area contributed by atoms with Gasteiger partial charge in [-0.05, 0) is 30.3 Å². The highest BCUT2D eigenvalue weighted by Crippen LogP contribution is 2.23. The monoisotopic (exact) mass is 335 g/mol. The fourth-order valence-corrected chi connectivity index (χ4v) is 2.71. The molecule has 2 aromatic heterocycles. The number of hydrogen-bond acceptors (Lipinski definition) is 5. The fourth-order valence-electron chi connectivity index (χ4n) is 2.71. The summed E-state index contributed by atoms with van der Waals surface area (Å²) in [7, 11) is 1.86. The van der Waals surface area contributed by atoms with Gasteiger partial charge in [-0.3, -0.25) is 9.58 Å². The van der Waals surface area contributed by atoms with Crippen molar-refractivity contribution in [1.29, 1.82) is 0 Å². The van der Waals surface area contributed by atoms with Crippen LogP contribution in [0.1, 0.15) is 0 Å². The molecule has 25 heavy (non-hydrogen) atoms.